The maximum Gasteiger partial charge on any atom is 0.267 e. The highest BCUT2D eigenvalue weighted by atomic mass is 79.9. The largest absolute Gasteiger partial charge is 0.497 e. The molecule has 1 aromatic heterocycles. The standard InChI is InChI=1S/C29H25BrN4O4/c1-37-23-10-6-19(7-11-23)26-17-27(20-8-12-24(38-2)13-9-20)34(32-26)29(36)18-33-28(35)15-14-25(31-33)21-4-3-5-22(30)16-21/h3-16,27H,17-18H2,1-2H3. The van der Waals surface area contributed by atoms with E-state index >= 15 is 0 Å². The zero-order chi connectivity index (χ0) is 26.6. The molecule has 0 N–H and O–H groups in total. The van der Waals surface area contributed by atoms with Gasteiger partial charge >= 0.3 is 0 Å². The number of halogens is 1. The van der Waals surface area contributed by atoms with Crippen LogP contribution in [0.1, 0.15) is 23.6 Å². The number of hydrogen-bond donors (Lipinski definition) is 0. The Morgan fingerprint density at radius 2 is 1.61 bits per heavy atom. The van der Waals surface area contributed by atoms with Gasteiger partial charge in [0.25, 0.3) is 11.5 Å². The summed E-state index contributed by atoms with van der Waals surface area (Å²) in [5, 5.41) is 10.6. The fraction of sp³-hybridized carbons (Fsp3) is 0.172. The van der Waals surface area contributed by atoms with E-state index in [0.717, 1.165) is 38.4 Å². The number of ether oxygens (including phenoxy) is 2. The van der Waals surface area contributed by atoms with E-state index in [-0.39, 0.29) is 24.1 Å². The molecule has 0 saturated heterocycles. The molecule has 0 saturated carbocycles. The first-order chi connectivity index (χ1) is 18.4. The third-order valence-electron chi connectivity index (χ3n) is 6.36. The molecule has 5 rings (SSSR count). The predicted octanol–water partition coefficient (Wildman–Crippen LogP) is 5.07. The molecule has 192 valence electrons. The summed E-state index contributed by atoms with van der Waals surface area (Å²) in [7, 11) is 3.22. The van der Waals surface area contributed by atoms with Gasteiger partial charge in [-0.1, -0.05) is 40.2 Å². The van der Waals surface area contributed by atoms with Gasteiger partial charge in [0.2, 0.25) is 0 Å². The number of benzene rings is 3. The molecule has 0 radical (unpaired) electrons. The molecular weight excluding hydrogens is 548 g/mol. The summed E-state index contributed by atoms with van der Waals surface area (Å²) in [6.07, 6.45) is 0.519. The van der Waals surface area contributed by atoms with Crippen molar-refractivity contribution in [1.82, 2.24) is 14.8 Å². The van der Waals surface area contributed by atoms with Crippen LogP contribution in [0.25, 0.3) is 11.3 Å². The number of carbonyl (C=O) groups excluding carboxylic acids is 1. The third kappa shape index (κ3) is 5.38. The molecule has 0 fully saturated rings. The van der Waals surface area contributed by atoms with Gasteiger partial charge in [-0.3, -0.25) is 9.59 Å². The van der Waals surface area contributed by atoms with Gasteiger partial charge < -0.3 is 9.47 Å². The number of aromatic nitrogens is 2. The van der Waals surface area contributed by atoms with Crippen molar-refractivity contribution >= 4 is 27.5 Å². The van der Waals surface area contributed by atoms with Crippen molar-refractivity contribution in [3.8, 4) is 22.8 Å². The Morgan fingerprint density at radius 1 is 0.921 bits per heavy atom. The number of hydrazone groups is 1. The lowest BCUT2D eigenvalue weighted by Crippen LogP contribution is -2.34. The van der Waals surface area contributed by atoms with Crippen molar-refractivity contribution in [3.05, 3.63) is 111 Å². The first-order valence-corrected chi connectivity index (χ1v) is 12.8. The van der Waals surface area contributed by atoms with Gasteiger partial charge in [-0.15, -0.1) is 0 Å². The van der Waals surface area contributed by atoms with Crippen molar-refractivity contribution in [3.63, 3.8) is 0 Å². The number of amides is 1. The lowest BCUT2D eigenvalue weighted by molar-refractivity contribution is -0.133. The molecular formula is C29H25BrN4O4. The zero-order valence-electron chi connectivity index (χ0n) is 20.9. The molecule has 1 amide bonds. The Morgan fingerprint density at radius 3 is 2.26 bits per heavy atom. The van der Waals surface area contributed by atoms with E-state index in [4.69, 9.17) is 14.6 Å². The first-order valence-electron chi connectivity index (χ1n) is 12.0. The molecule has 0 aliphatic carbocycles. The smallest absolute Gasteiger partial charge is 0.267 e. The summed E-state index contributed by atoms with van der Waals surface area (Å²) in [5.74, 6) is 1.12. The highest BCUT2D eigenvalue weighted by Gasteiger charge is 2.33. The number of methoxy groups -OCH3 is 2. The Bertz CT molecular complexity index is 1550. The molecule has 0 spiro atoms. The topological polar surface area (TPSA) is 86.0 Å². The van der Waals surface area contributed by atoms with Gasteiger partial charge in [-0.25, -0.2) is 9.69 Å². The number of rotatable bonds is 7. The summed E-state index contributed by atoms with van der Waals surface area (Å²) < 4.78 is 12.6. The highest BCUT2D eigenvalue weighted by Crippen LogP contribution is 2.34. The lowest BCUT2D eigenvalue weighted by Gasteiger charge is -2.22. The normalized spacial score (nSPS) is 14.8. The number of hydrogen-bond acceptors (Lipinski definition) is 6. The van der Waals surface area contributed by atoms with Crippen molar-refractivity contribution in [2.24, 2.45) is 5.10 Å². The molecule has 8 nitrogen and oxygen atoms in total. The van der Waals surface area contributed by atoms with Crippen LogP contribution in [0.4, 0.5) is 0 Å². The zero-order valence-corrected chi connectivity index (χ0v) is 22.5. The maximum atomic E-state index is 13.6. The van der Waals surface area contributed by atoms with Crippen LogP contribution < -0.4 is 15.0 Å². The van der Waals surface area contributed by atoms with Crippen LogP contribution >= 0.6 is 15.9 Å². The average molecular weight is 573 g/mol. The van der Waals surface area contributed by atoms with Crippen LogP contribution in [0, 0.1) is 0 Å². The van der Waals surface area contributed by atoms with E-state index in [1.165, 1.54) is 15.8 Å². The summed E-state index contributed by atoms with van der Waals surface area (Å²) in [6, 6.07) is 25.5. The minimum atomic E-state index is -0.364. The quantitative estimate of drug-likeness (QED) is 0.308. The second-order valence-electron chi connectivity index (χ2n) is 8.73. The maximum absolute atomic E-state index is 13.6. The highest BCUT2D eigenvalue weighted by molar-refractivity contribution is 9.10. The van der Waals surface area contributed by atoms with Crippen LogP contribution in [0.3, 0.4) is 0 Å². The second kappa shape index (κ2) is 11.0. The van der Waals surface area contributed by atoms with Crippen LogP contribution in [-0.2, 0) is 11.3 Å². The van der Waals surface area contributed by atoms with E-state index in [0.29, 0.717) is 12.1 Å². The van der Waals surface area contributed by atoms with Crippen molar-refractivity contribution < 1.29 is 14.3 Å². The first kappa shape index (κ1) is 25.4. The Balaban J connectivity index is 1.47. The fourth-order valence-corrected chi connectivity index (χ4v) is 4.75. The number of carbonyl (C=O) groups is 1. The molecule has 0 bridgehead atoms. The van der Waals surface area contributed by atoms with Crippen LogP contribution in [0.15, 0.2) is 99.3 Å². The summed E-state index contributed by atoms with van der Waals surface area (Å²) in [6.45, 7) is -0.243. The molecule has 1 aliphatic rings. The SMILES string of the molecule is COc1ccc(C2=NN(C(=O)Cn3nc(-c4cccc(Br)c4)ccc3=O)C(c3ccc(OC)cc3)C2)cc1. The molecule has 9 heteroatoms. The fourth-order valence-electron chi connectivity index (χ4n) is 4.35. The summed E-state index contributed by atoms with van der Waals surface area (Å²) in [4.78, 5) is 26.3. The average Bonchev–Trinajstić information content (AvgIpc) is 3.40. The summed E-state index contributed by atoms with van der Waals surface area (Å²) in [5.41, 5.74) is 3.63. The van der Waals surface area contributed by atoms with Gasteiger partial charge in [0, 0.05) is 22.5 Å². The lowest BCUT2D eigenvalue weighted by atomic mass is 9.98. The third-order valence-corrected chi connectivity index (χ3v) is 6.85. The van der Waals surface area contributed by atoms with Gasteiger partial charge in [0.05, 0.1) is 31.7 Å². The molecule has 38 heavy (non-hydrogen) atoms. The van der Waals surface area contributed by atoms with Gasteiger partial charge in [-0.05, 0) is 65.7 Å². The molecule has 3 aromatic carbocycles. The minimum absolute atomic E-state index is 0.243. The van der Waals surface area contributed by atoms with Crippen LogP contribution in [-0.4, -0.2) is 40.6 Å². The predicted molar refractivity (Wildman–Crippen MR) is 148 cm³/mol. The monoisotopic (exact) mass is 572 g/mol. The van der Waals surface area contributed by atoms with Crippen molar-refractivity contribution in [2.75, 3.05) is 14.2 Å². The van der Waals surface area contributed by atoms with E-state index in [1.807, 2.05) is 72.8 Å². The van der Waals surface area contributed by atoms with Gasteiger partial charge in [0.15, 0.2) is 0 Å². The Kier molecular flexibility index (Phi) is 7.37. The molecule has 1 unspecified atom stereocenters. The van der Waals surface area contributed by atoms with Crippen molar-refractivity contribution in [1.29, 1.82) is 0 Å². The minimum Gasteiger partial charge on any atom is -0.497 e. The Labute approximate surface area is 228 Å². The molecule has 1 atom stereocenters. The molecule has 4 aromatic rings. The van der Waals surface area contributed by atoms with Crippen LogP contribution in [0.2, 0.25) is 0 Å². The van der Waals surface area contributed by atoms with E-state index < -0.39 is 0 Å². The van der Waals surface area contributed by atoms with Gasteiger partial charge in [-0.2, -0.15) is 10.2 Å². The molecule has 1 aliphatic heterocycles. The van der Waals surface area contributed by atoms with E-state index in [1.54, 1.807) is 20.3 Å². The van der Waals surface area contributed by atoms with Crippen LogP contribution in [0.5, 0.6) is 11.5 Å². The van der Waals surface area contributed by atoms with Gasteiger partial charge in [0.1, 0.15) is 18.0 Å². The van der Waals surface area contributed by atoms with E-state index in [2.05, 4.69) is 21.0 Å². The second-order valence-corrected chi connectivity index (χ2v) is 9.65. The van der Waals surface area contributed by atoms with Crippen molar-refractivity contribution in [2.45, 2.75) is 19.0 Å². The molecule has 2 heterocycles. The Hall–Kier alpha value is -4.24. The van der Waals surface area contributed by atoms with E-state index in [9.17, 15) is 9.59 Å². The number of nitrogens with zero attached hydrogens (tertiary/aromatic N) is 4. The summed E-state index contributed by atoms with van der Waals surface area (Å²) >= 11 is 3.46.